The van der Waals surface area contributed by atoms with Gasteiger partial charge < -0.3 is 10.0 Å². The Kier molecular flexibility index (Phi) is 3.11. The average Bonchev–Trinajstić information content (AvgIpc) is 2.39. The van der Waals surface area contributed by atoms with Crippen molar-refractivity contribution in [1.82, 2.24) is 4.90 Å². The van der Waals surface area contributed by atoms with E-state index >= 15 is 0 Å². The van der Waals surface area contributed by atoms with Crippen molar-refractivity contribution in [3.8, 4) is 0 Å². The molecule has 0 unspecified atom stereocenters. The third-order valence-electron chi connectivity index (χ3n) is 1.65. The standard InChI is InChI=1S/C8H14N2O/c1-2-3-8-9-4-5-10(8)6-7-11/h2-3,11H,4-7H2,1H3. The molecule has 0 atom stereocenters. The summed E-state index contributed by atoms with van der Waals surface area (Å²) in [5.41, 5.74) is 0. The Hall–Kier alpha value is -0.830. The molecule has 1 aliphatic heterocycles. The number of nitrogens with zero attached hydrogens (tertiary/aromatic N) is 2. The van der Waals surface area contributed by atoms with Gasteiger partial charge in [0.1, 0.15) is 5.84 Å². The van der Waals surface area contributed by atoms with E-state index in [0.717, 1.165) is 18.9 Å². The first kappa shape index (κ1) is 8.27. The molecule has 0 aromatic rings. The van der Waals surface area contributed by atoms with Crippen LogP contribution >= 0.6 is 0 Å². The minimum absolute atomic E-state index is 0.205. The lowest BCUT2D eigenvalue weighted by molar-refractivity contribution is 0.257. The maximum Gasteiger partial charge on any atom is 0.123 e. The summed E-state index contributed by atoms with van der Waals surface area (Å²) in [7, 11) is 0. The molecule has 1 heterocycles. The highest BCUT2D eigenvalue weighted by atomic mass is 16.3. The maximum atomic E-state index is 8.69. The van der Waals surface area contributed by atoms with Gasteiger partial charge in [0, 0.05) is 13.1 Å². The van der Waals surface area contributed by atoms with E-state index < -0.39 is 0 Å². The van der Waals surface area contributed by atoms with Crippen molar-refractivity contribution in [2.75, 3.05) is 26.2 Å². The van der Waals surface area contributed by atoms with E-state index in [2.05, 4.69) is 9.89 Å². The van der Waals surface area contributed by atoms with E-state index in [1.165, 1.54) is 0 Å². The van der Waals surface area contributed by atoms with Gasteiger partial charge in [0.25, 0.3) is 0 Å². The Morgan fingerprint density at radius 3 is 3.18 bits per heavy atom. The SMILES string of the molecule is CC=CC1=NCCN1CCO. The molecule has 3 heteroatoms. The van der Waals surface area contributed by atoms with E-state index in [1.807, 2.05) is 19.1 Å². The van der Waals surface area contributed by atoms with E-state index in [9.17, 15) is 0 Å². The number of aliphatic hydroxyl groups excluding tert-OH is 1. The molecule has 0 spiro atoms. The molecule has 0 bridgehead atoms. The minimum atomic E-state index is 0.205. The van der Waals surface area contributed by atoms with Crippen molar-refractivity contribution in [3.05, 3.63) is 12.2 Å². The molecule has 0 aromatic carbocycles. The van der Waals surface area contributed by atoms with Crippen molar-refractivity contribution in [2.45, 2.75) is 6.92 Å². The molecule has 0 aromatic heterocycles. The molecule has 0 aliphatic carbocycles. The van der Waals surface area contributed by atoms with Gasteiger partial charge in [-0.25, -0.2) is 0 Å². The molecule has 0 fully saturated rings. The second-order valence-corrected chi connectivity index (χ2v) is 2.45. The van der Waals surface area contributed by atoms with Gasteiger partial charge in [-0.05, 0) is 13.0 Å². The topological polar surface area (TPSA) is 35.8 Å². The first-order valence-corrected chi connectivity index (χ1v) is 3.91. The van der Waals surface area contributed by atoms with Gasteiger partial charge >= 0.3 is 0 Å². The predicted octanol–water partition coefficient (Wildman–Crippen LogP) is 0.269. The van der Waals surface area contributed by atoms with Crippen molar-refractivity contribution in [2.24, 2.45) is 4.99 Å². The summed E-state index contributed by atoms with van der Waals surface area (Å²) in [6.07, 6.45) is 3.94. The average molecular weight is 154 g/mol. The van der Waals surface area contributed by atoms with E-state index in [1.54, 1.807) is 0 Å². The molecule has 11 heavy (non-hydrogen) atoms. The summed E-state index contributed by atoms with van der Waals surface area (Å²) in [6, 6.07) is 0. The van der Waals surface area contributed by atoms with Crippen molar-refractivity contribution in [1.29, 1.82) is 0 Å². The smallest absolute Gasteiger partial charge is 0.123 e. The zero-order chi connectivity index (χ0) is 8.10. The molecule has 0 saturated carbocycles. The number of aliphatic imine (C=N–C) groups is 1. The Morgan fingerprint density at radius 1 is 1.73 bits per heavy atom. The Balaban J connectivity index is 2.48. The molecule has 0 radical (unpaired) electrons. The van der Waals surface area contributed by atoms with Gasteiger partial charge in [0.2, 0.25) is 0 Å². The summed E-state index contributed by atoms with van der Waals surface area (Å²) in [4.78, 5) is 6.35. The summed E-state index contributed by atoms with van der Waals surface area (Å²) >= 11 is 0. The largest absolute Gasteiger partial charge is 0.395 e. The Bertz CT molecular complexity index is 175. The van der Waals surface area contributed by atoms with Crippen LogP contribution in [0, 0.1) is 0 Å². The second kappa shape index (κ2) is 4.13. The highest BCUT2D eigenvalue weighted by Crippen LogP contribution is 2.01. The molecular weight excluding hydrogens is 140 g/mol. The number of hydrogen-bond acceptors (Lipinski definition) is 3. The van der Waals surface area contributed by atoms with Crippen LogP contribution in [0.15, 0.2) is 17.1 Å². The fourth-order valence-electron chi connectivity index (χ4n) is 1.15. The van der Waals surface area contributed by atoms with Gasteiger partial charge in [-0.15, -0.1) is 0 Å². The van der Waals surface area contributed by atoms with Crippen LogP contribution in [0.2, 0.25) is 0 Å². The van der Waals surface area contributed by atoms with E-state index in [4.69, 9.17) is 5.11 Å². The third kappa shape index (κ3) is 2.05. The van der Waals surface area contributed by atoms with Crippen molar-refractivity contribution >= 4 is 5.84 Å². The van der Waals surface area contributed by atoms with Gasteiger partial charge in [0.15, 0.2) is 0 Å². The van der Waals surface area contributed by atoms with Gasteiger partial charge in [0.05, 0.1) is 13.2 Å². The summed E-state index contributed by atoms with van der Waals surface area (Å²) in [5.74, 6) is 1.00. The predicted molar refractivity (Wildman–Crippen MR) is 45.8 cm³/mol. The van der Waals surface area contributed by atoms with Crippen molar-refractivity contribution in [3.63, 3.8) is 0 Å². The molecule has 1 N–H and O–H groups in total. The Morgan fingerprint density at radius 2 is 2.55 bits per heavy atom. The normalized spacial score (nSPS) is 18.0. The summed E-state index contributed by atoms with van der Waals surface area (Å²) in [6.45, 7) is 4.68. The van der Waals surface area contributed by atoms with Crippen LogP contribution in [-0.4, -0.2) is 42.1 Å². The monoisotopic (exact) mass is 154 g/mol. The second-order valence-electron chi connectivity index (χ2n) is 2.45. The molecule has 0 saturated heterocycles. The van der Waals surface area contributed by atoms with Crippen LogP contribution in [0.5, 0.6) is 0 Å². The summed E-state index contributed by atoms with van der Waals surface area (Å²) < 4.78 is 0. The van der Waals surface area contributed by atoms with Gasteiger partial charge in [-0.2, -0.15) is 0 Å². The van der Waals surface area contributed by atoms with Crippen LogP contribution in [-0.2, 0) is 0 Å². The Labute approximate surface area is 67.0 Å². The number of β-amino-alcohol motifs (C(OH)–C–C–N with tert-alkyl or cyclic N) is 1. The highest BCUT2D eigenvalue weighted by Gasteiger charge is 2.12. The number of rotatable bonds is 3. The number of aliphatic hydroxyl groups is 1. The lowest BCUT2D eigenvalue weighted by Gasteiger charge is -2.15. The molecule has 1 rings (SSSR count). The van der Waals surface area contributed by atoms with Crippen LogP contribution in [0.4, 0.5) is 0 Å². The van der Waals surface area contributed by atoms with Crippen LogP contribution < -0.4 is 0 Å². The molecule has 0 amide bonds. The fraction of sp³-hybridized carbons (Fsp3) is 0.625. The zero-order valence-electron chi connectivity index (χ0n) is 6.82. The lowest BCUT2D eigenvalue weighted by atomic mass is 10.4. The lowest BCUT2D eigenvalue weighted by Crippen LogP contribution is -2.29. The first-order valence-electron chi connectivity index (χ1n) is 3.91. The van der Waals surface area contributed by atoms with E-state index in [0.29, 0.717) is 6.54 Å². The number of allylic oxidation sites excluding steroid dienone is 1. The highest BCUT2D eigenvalue weighted by molar-refractivity contribution is 5.93. The first-order chi connectivity index (χ1) is 5.38. The van der Waals surface area contributed by atoms with Gasteiger partial charge in [-0.1, -0.05) is 6.08 Å². The number of amidine groups is 1. The van der Waals surface area contributed by atoms with Crippen molar-refractivity contribution < 1.29 is 5.11 Å². The molecule has 3 nitrogen and oxygen atoms in total. The van der Waals surface area contributed by atoms with E-state index in [-0.39, 0.29) is 6.61 Å². The molecule has 1 aliphatic rings. The third-order valence-corrected chi connectivity index (χ3v) is 1.65. The summed E-state index contributed by atoms with van der Waals surface area (Å²) in [5, 5.41) is 8.69. The fourth-order valence-corrected chi connectivity index (χ4v) is 1.15. The quantitative estimate of drug-likeness (QED) is 0.633. The molecular formula is C8H14N2O. The molecule has 62 valence electrons. The van der Waals surface area contributed by atoms with Crippen LogP contribution in [0.1, 0.15) is 6.92 Å². The minimum Gasteiger partial charge on any atom is -0.395 e. The van der Waals surface area contributed by atoms with Crippen LogP contribution in [0.25, 0.3) is 0 Å². The zero-order valence-corrected chi connectivity index (χ0v) is 6.82. The van der Waals surface area contributed by atoms with Gasteiger partial charge in [-0.3, -0.25) is 4.99 Å². The van der Waals surface area contributed by atoms with Crippen LogP contribution in [0.3, 0.4) is 0 Å². The maximum absolute atomic E-state index is 8.69. The number of hydrogen-bond donors (Lipinski definition) is 1.